The molecule has 0 spiro atoms. The van der Waals surface area contributed by atoms with E-state index in [4.69, 9.17) is 4.42 Å². The second-order valence-corrected chi connectivity index (χ2v) is 5.03. The van der Waals surface area contributed by atoms with Gasteiger partial charge in [0.15, 0.2) is 0 Å². The number of halogens is 1. The maximum atomic E-state index is 5.83. The molecule has 1 N–H and O–H groups in total. The number of aryl methyl sites for hydroxylation is 1. The Kier molecular flexibility index (Phi) is 3.69. The summed E-state index contributed by atoms with van der Waals surface area (Å²) in [5.41, 5.74) is 2.32. The normalized spacial score (nSPS) is 12.7. The molecule has 1 unspecified atom stereocenters. The van der Waals surface area contributed by atoms with Gasteiger partial charge in [-0.2, -0.15) is 0 Å². The summed E-state index contributed by atoms with van der Waals surface area (Å²) in [5.74, 6) is 1.86. The van der Waals surface area contributed by atoms with E-state index in [1.807, 2.05) is 19.2 Å². The largest absolute Gasteiger partial charge is 0.459 e. The van der Waals surface area contributed by atoms with Crippen molar-refractivity contribution in [3.8, 4) is 11.3 Å². The average molecular weight is 294 g/mol. The molecule has 1 heterocycles. The quantitative estimate of drug-likeness (QED) is 0.913. The van der Waals surface area contributed by atoms with Crippen LogP contribution in [0.5, 0.6) is 0 Å². The summed E-state index contributed by atoms with van der Waals surface area (Å²) in [6, 6.07) is 10.5. The summed E-state index contributed by atoms with van der Waals surface area (Å²) in [6.45, 7) is 4.15. The summed E-state index contributed by atoms with van der Waals surface area (Å²) in [7, 11) is 1.93. The van der Waals surface area contributed by atoms with Crippen LogP contribution in [0.3, 0.4) is 0 Å². The van der Waals surface area contributed by atoms with Crippen LogP contribution in [0.4, 0.5) is 0 Å². The van der Waals surface area contributed by atoms with Gasteiger partial charge in [0.1, 0.15) is 11.5 Å². The Morgan fingerprint density at radius 1 is 1.24 bits per heavy atom. The summed E-state index contributed by atoms with van der Waals surface area (Å²) < 4.78 is 6.94. The van der Waals surface area contributed by atoms with E-state index in [2.05, 4.69) is 53.3 Å². The molecule has 17 heavy (non-hydrogen) atoms. The van der Waals surface area contributed by atoms with Gasteiger partial charge in [-0.25, -0.2) is 0 Å². The first-order valence-electron chi connectivity index (χ1n) is 5.65. The van der Waals surface area contributed by atoms with E-state index >= 15 is 0 Å². The standard InChI is InChI=1S/C14H16BrNO/c1-9-4-5-11(8-12(9)15)14-7-6-13(17-14)10(2)16-3/h4-8,10,16H,1-3H3. The van der Waals surface area contributed by atoms with Crippen molar-refractivity contribution < 1.29 is 4.42 Å². The van der Waals surface area contributed by atoms with Gasteiger partial charge in [-0.3, -0.25) is 0 Å². The number of hydrogen-bond acceptors (Lipinski definition) is 2. The van der Waals surface area contributed by atoms with Gasteiger partial charge in [0.05, 0.1) is 6.04 Å². The molecular weight excluding hydrogens is 278 g/mol. The molecule has 0 aliphatic carbocycles. The molecule has 1 aromatic carbocycles. The molecule has 0 amide bonds. The Morgan fingerprint density at radius 3 is 2.65 bits per heavy atom. The molecule has 0 bridgehead atoms. The van der Waals surface area contributed by atoms with Gasteiger partial charge >= 0.3 is 0 Å². The Morgan fingerprint density at radius 2 is 2.00 bits per heavy atom. The number of nitrogens with one attached hydrogen (secondary N) is 1. The molecule has 1 aromatic heterocycles. The van der Waals surface area contributed by atoms with Gasteiger partial charge in [0.25, 0.3) is 0 Å². The second kappa shape index (κ2) is 5.07. The molecule has 0 aliphatic rings. The minimum Gasteiger partial charge on any atom is -0.459 e. The Hall–Kier alpha value is -1.06. The lowest BCUT2D eigenvalue weighted by atomic mass is 10.1. The SMILES string of the molecule is CNC(C)c1ccc(-c2ccc(C)c(Br)c2)o1. The highest BCUT2D eigenvalue weighted by atomic mass is 79.9. The van der Waals surface area contributed by atoms with Gasteiger partial charge in [0, 0.05) is 10.0 Å². The monoisotopic (exact) mass is 293 g/mol. The molecule has 1 atom stereocenters. The minimum atomic E-state index is 0.234. The predicted molar refractivity (Wildman–Crippen MR) is 74.1 cm³/mol. The van der Waals surface area contributed by atoms with E-state index in [0.29, 0.717) is 0 Å². The van der Waals surface area contributed by atoms with Gasteiger partial charge < -0.3 is 9.73 Å². The van der Waals surface area contributed by atoms with Crippen LogP contribution in [0, 0.1) is 6.92 Å². The lowest BCUT2D eigenvalue weighted by Gasteiger charge is -2.06. The minimum absolute atomic E-state index is 0.234. The first kappa shape index (κ1) is 12.4. The van der Waals surface area contributed by atoms with Crippen molar-refractivity contribution >= 4 is 15.9 Å². The predicted octanol–water partition coefficient (Wildman–Crippen LogP) is 4.30. The number of rotatable bonds is 3. The number of benzene rings is 1. The van der Waals surface area contributed by atoms with Crippen LogP contribution in [0.25, 0.3) is 11.3 Å². The third-order valence-corrected chi connectivity index (χ3v) is 3.80. The van der Waals surface area contributed by atoms with Crippen LogP contribution in [0.2, 0.25) is 0 Å². The summed E-state index contributed by atoms with van der Waals surface area (Å²) in [6.07, 6.45) is 0. The molecule has 0 radical (unpaired) electrons. The highest BCUT2D eigenvalue weighted by Crippen LogP contribution is 2.28. The van der Waals surface area contributed by atoms with Crippen molar-refractivity contribution in [3.05, 3.63) is 46.1 Å². The van der Waals surface area contributed by atoms with Crippen LogP contribution in [0.15, 0.2) is 39.2 Å². The molecule has 0 saturated carbocycles. The third kappa shape index (κ3) is 2.61. The van der Waals surface area contributed by atoms with Crippen molar-refractivity contribution in [1.82, 2.24) is 5.32 Å². The lowest BCUT2D eigenvalue weighted by molar-refractivity contribution is 0.458. The van der Waals surface area contributed by atoms with E-state index in [9.17, 15) is 0 Å². The first-order chi connectivity index (χ1) is 8.11. The van der Waals surface area contributed by atoms with Crippen LogP contribution in [-0.4, -0.2) is 7.05 Å². The zero-order valence-electron chi connectivity index (χ0n) is 10.3. The van der Waals surface area contributed by atoms with Crippen molar-refractivity contribution in [2.45, 2.75) is 19.9 Å². The third-order valence-electron chi connectivity index (χ3n) is 2.94. The van der Waals surface area contributed by atoms with Gasteiger partial charge in [0.2, 0.25) is 0 Å². The summed E-state index contributed by atoms with van der Waals surface area (Å²) in [5, 5.41) is 3.16. The Balaban J connectivity index is 2.33. The molecule has 0 saturated heterocycles. The van der Waals surface area contributed by atoms with E-state index in [0.717, 1.165) is 21.6 Å². The molecule has 90 valence electrons. The van der Waals surface area contributed by atoms with E-state index in [-0.39, 0.29) is 6.04 Å². The average Bonchev–Trinajstić information content (AvgIpc) is 2.81. The zero-order valence-corrected chi connectivity index (χ0v) is 11.8. The second-order valence-electron chi connectivity index (χ2n) is 4.18. The summed E-state index contributed by atoms with van der Waals surface area (Å²) >= 11 is 3.54. The maximum Gasteiger partial charge on any atom is 0.134 e. The molecular formula is C14H16BrNO. The highest BCUT2D eigenvalue weighted by Gasteiger charge is 2.10. The van der Waals surface area contributed by atoms with Crippen LogP contribution in [0.1, 0.15) is 24.3 Å². The lowest BCUT2D eigenvalue weighted by Crippen LogP contribution is -2.10. The van der Waals surface area contributed by atoms with Crippen molar-refractivity contribution in [1.29, 1.82) is 0 Å². The molecule has 2 rings (SSSR count). The highest BCUT2D eigenvalue weighted by molar-refractivity contribution is 9.10. The Bertz CT molecular complexity index is 519. The topological polar surface area (TPSA) is 25.2 Å². The van der Waals surface area contributed by atoms with Crippen LogP contribution >= 0.6 is 15.9 Å². The van der Waals surface area contributed by atoms with Gasteiger partial charge in [-0.05, 0) is 44.7 Å². The van der Waals surface area contributed by atoms with Crippen molar-refractivity contribution in [2.24, 2.45) is 0 Å². The van der Waals surface area contributed by atoms with E-state index in [1.54, 1.807) is 0 Å². The van der Waals surface area contributed by atoms with E-state index in [1.165, 1.54) is 5.56 Å². The van der Waals surface area contributed by atoms with Gasteiger partial charge in [-0.1, -0.05) is 28.1 Å². The number of hydrogen-bond donors (Lipinski definition) is 1. The summed E-state index contributed by atoms with van der Waals surface area (Å²) in [4.78, 5) is 0. The molecule has 0 fully saturated rings. The zero-order chi connectivity index (χ0) is 12.4. The molecule has 2 nitrogen and oxygen atoms in total. The maximum absolute atomic E-state index is 5.83. The molecule has 3 heteroatoms. The molecule has 2 aromatic rings. The fourth-order valence-electron chi connectivity index (χ4n) is 1.63. The smallest absolute Gasteiger partial charge is 0.134 e. The van der Waals surface area contributed by atoms with Crippen LogP contribution in [-0.2, 0) is 0 Å². The Labute approximate surface area is 110 Å². The van der Waals surface area contributed by atoms with Crippen molar-refractivity contribution in [3.63, 3.8) is 0 Å². The molecule has 0 aliphatic heterocycles. The number of furan rings is 1. The van der Waals surface area contributed by atoms with Gasteiger partial charge in [-0.15, -0.1) is 0 Å². The first-order valence-corrected chi connectivity index (χ1v) is 6.44. The van der Waals surface area contributed by atoms with Crippen LogP contribution < -0.4 is 5.32 Å². The fraction of sp³-hybridized carbons (Fsp3) is 0.286. The fourth-order valence-corrected chi connectivity index (χ4v) is 2.01. The van der Waals surface area contributed by atoms with Crippen molar-refractivity contribution in [2.75, 3.05) is 7.05 Å². The van der Waals surface area contributed by atoms with E-state index < -0.39 is 0 Å².